The molecule has 11 nitrogen and oxygen atoms in total. The summed E-state index contributed by atoms with van der Waals surface area (Å²) < 4.78 is 6.63. The fraction of sp³-hybridized carbons (Fsp3) is 0.500. The van der Waals surface area contributed by atoms with Gasteiger partial charge in [0.2, 0.25) is 5.95 Å². The molecule has 1 atom stereocenters. The van der Waals surface area contributed by atoms with E-state index in [-0.39, 0.29) is 18.0 Å². The average Bonchev–Trinajstić information content (AvgIpc) is 3.27. The summed E-state index contributed by atoms with van der Waals surface area (Å²) >= 11 is 1.74. The number of morpholine rings is 1. The van der Waals surface area contributed by atoms with Gasteiger partial charge in [-0.1, -0.05) is 0 Å². The Hall–Kier alpha value is -3.09. The van der Waals surface area contributed by atoms with Crippen LogP contribution in [0.15, 0.2) is 18.5 Å². The van der Waals surface area contributed by atoms with Crippen LogP contribution in [0.3, 0.4) is 0 Å². The first-order valence-corrected chi connectivity index (χ1v) is 12.3. The van der Waals surface area contributed by atoms with Crippen LogP contribution in [-0.4, -0.2) is 83.3 Å². The Morgan fingerprint density at radius 1 is 1.24 bits per heavy atom. The van der Waals surface area contributed by atoms with Gasteiger partial charge in [-0.3, -0.25) is 4.90 Å². The highest BCUT2D eigenvalue weighted by atomic mass is 32.1. The highest BCUT2D eigenvalue weighted by Crippen LogP contribution is 2.35. The number of nitrogen functional groups attached to an aromatic ring is 1. The van der Waals surface area contributed by atoms with E-state index in [9.17, 15) is 4.79 Å². The Balaban J connectivity index is 1.43. The number of nitrogens with two attached hydrogens (primary N) is 1. The molecule has 34 heavy (non-hydrogen) atoms. The zero-order valence-electron chi connectivity index (χ0n) is 19.2. The van der Waals surface area contributed by atoms with Crippen LogP contribution >= 0.6 is 11.3 Å². The van der Waals surface area contributed by atoms with Crippen LogP contribution in [0.2, 0.25) is 0 Å². The van der Waals surface area contributed by atoms with Crippen molar-refractivity contribution in [2.24, 2.45) is 0 Å². The predicted octanol–water partition coefficient (Wildman–Crippen LogP) is 1.46. The fourth-order valence-corrected chi connectivity index (χ4v) is 5.56. The molecule has 3 aromatic rings. The lowest BCUT2D eigenvalue weighted by molar-refractivity contribution is 0.122. The maximum absolute atomic E-state index is 11.7. The summed E-state index contributed by atoms with van der Waals surface area (Å²) in [6, 6.07) is 2.19. The van der Waals surface area contributed by atoms with Crippen molar-refractivity contribution in [2.75, 3.05) is 57.1 Å². The number of carbonyl (C=O) groups excluding carboxylic acids is 1. The number of nitrogens with one attached hydrogen (secondary N) is 2. The van der Waals surface area contributed by atoms with Crippen molar-refractivity contribution in [1.82, 2.24) is 35.5 Å². The van der Waals surface area contributed by atoms with E-state index in [0.29, 0.717) is 19.0 Å². The number of fused-ring (bicyclic) bond motifs is 1. The van der Waals surface area contributed by atoms with Crippen LogP contribution < -0.4 is 21.3 Å². The van der Waals surface area contributed by atoms with Gasteiger partial charge in [0.1, 0.15) is 0 Å². The number of hydrogen-bond donors (Lipinski definition) is 3. The van der Waals surface area contributed by atoms with E-state index in [4.69, 9.17) is 20.4 Å². The third-order valence-corrected chi connectivity index (χ3v) is 7.20. The third kappa shape index (κ3) is 5.03. The second-order valence-corrected chi connectivity index (χ2v) is 9.66. The molecular weight excluding hydrogens is 454 g/mol. The lowest BCUT2D eigenvalue weighted by Crippen LogP contribution is -2.49. The standard InChI is InChI=1S/C22H29N9O2S/c1-24-22(32)27-15-3-2-4-30(12-15)13-16-9-17-18(34-16)20(31-5-7-33-8-6-31)29-19(28-17)14-10-25-21(23)26-11-14/h9-11,15H,2-8,12-13H2,1H3,(H2,23,25,26)(H2,24,27,32). The Morgan fingerprint density at radius 3 is 2.79 bits per heavy atom. The molecule has 0 aromatic carbocycles. The summed E-state index contributed by atoms with van der Waals surface area (Å²) in [7, 11) is 1.64. The van der Waals surface area contributed by atoms with E-state index in [1.54, 1.807) is 30.8 Å². The molecule has 12 heteroatoms. The molecule has 0 saturated carbocycles. The minimum absolute atomic E-state index is 0.127. The number of nitrogens with zero attached hydrogens (tertiary/aromatic N) is 6. The molecule has 2 amide bonds. The number of piperidine rings is 1. The van der Waals surface area contributed by atoms with Crippen LogP contribution in [0.4, 0.5) is 16.6 Å². The molecule has 0 spiro atoms. The fourth-order valence-electron chi connectivity index (χ4n) is 4.41. The largest absolute Gasteiger partial charge is 0.378 e. The number of carbonyl (C=O) groups is 1. The summed E-state index contributed by atoms with van der Waals surface area (Å²) in [6.45, 7) is 5.59. The van der Waals surface area contributed by atoms with Crippen LogP contribution in [0.25, 0.3) is 21.6 Å². The molecule has 2 aliphatic heterocycles. The average molecular weight is 484 g/mol. The van der Waals surface area contributed by atoms with Gasteiger partial charge in [0.15, 0.2) is 11.6 Å². The number of thiophene rings is 1. The number of anilines is 2. The molecule has 0 bridgehead atoms. The normalized spacial score (nSPS) is 19.3. The number of hydrogen-bond acceptors (Lipinski definition) is 10. The van der Waals surface area contributed by atoms with E-state index in [1.807, 2.05) is 0 Å². The molecule has 3 aromatic heterocycles. The Kier molecular flexibility index (Phi) is 6.70. The summed E-state index contributed by atoms with van der Waals surface area (Å²) in [5.41, 5.74) is 7.31. The first-order valence-electron chi connectivity index (χ1n) is 11.5. The monoisotopic (exact) mass is 483 g/mol. The smallest absolute Gasteiger partial charge is 0.314 e. The first-order chi connectivity index (χ1) is 16.6. The molecule has 5 heterocycles. The second kappa shape index (κ2) is 10.0. The Labute approximate surface area is 201 Å². The molecule has 5 rings (SSSR count). The zero-order valence-corrected chi connectivity index (χ0v) is 20.0. The van der Waals surface area contributed by atoms with Gasteiger partial charge >= 0.3 is 6.03 Å². The number of urea groups is 1. The van der Waals surface area contributed by atoms with Gasteiger partial charge in [0.05, 0.1) is 29.0 Å². The number of amides is 2. The highest BCUT2D eigenvalue weighted by molar-refractivity contribution is 7.19. The number of rotatable bonds is 5. The Morgan fingerprint density at radius 2 is 2.03 bits per heavy atom. The van der Waals surface area contributed by atoms with Crippen molar-refractivity contribution in [1.29, 1.82) is 0 Å². The van der Waals surface area contributed by atoms with Crippen LogP contribution in [-0.2, 0) is 11.3 Å². The van der Waals surface area contributed by atoms with Crippen LogP contribution in [0, 0.1) is 0 Å². The molecule has 1 unspecified atom stereocenters. The van der Waals surface area contributed by atoms with E-state index in [2.05, 4.69) is 36.5 Å². The van der Waals surface area contributed by atoms with Crippen molar-refractivity contribution in [3.05, 3.63) is 23.3 Å². The van der Waals surface area contributed by atoms with Gasteiger partial charge in [-0.15, -0.1) is 11.3 Å². The lowest BCUT2D eigenvalue weighted by Gasteiger charge is -2.32. The topological polar surface area (TPSA) is 134 Å². The quantitative estimate of drug-likeness (QED) is 0.493. The SMILES string of the molecule is CNC(=O)NC1CCCN(Cc2cc3nc(-c4cnc(N)nc4)nc(N4CCOCC4)c3s2)C1. The minimum atomic E-state index is -0.127. The highest BCUT2D eigenvalue weighted by Gasteiger charge is 2.24. The van der Waals surface area contributed by atoms with Crippen molar-refractivity contribution < 1.29 is 9.53 Å². The molecule has 2 saturated heterocycles. The summed E-state index contributed by atoms with van der Waals surface area (Å²) in [4.78, 5) is 35.6. The van der Waals surface area contributed by atoms with Gasteiger partial charge in [-0.2, -0.15) is 0 Å². The molecule has 180 valence electrons. The van der Waals surface area contributed by atoms with Gasteiger partial charge in [0.25, 0.3) is 0 Å². The predicted molar refractivity (Wildman–Crippen MR) is 132 cm³/mol. The van der Waals surface area contributed by atoms with Gasteiger partial charge in [0, 0.05) is 56.5 Å². The number of aromatic nitrogens is 4. The number of ether oxygens (including phenoxy) is 1. The third-order valence-electron chi connectivity index (χ3n) is 6.09. The maximum atomic E-state index is 11.7. The van der Waals surface area contributed by atoms with Crippen molar-refractivity contribution in [3.8, 4) is 11.4 Å². The number of likely N-dealkylation sites (tertiary alicyclic amines) is 1. The molecular formula is C22H29N9O2S. The van der Waals surface area contributed by atoms with Gasteiger partial charge in [-0.25, -0.2) is 24.7 Å². The van der Waals surface area contributed by atoms with E-state index in [1.165, 1.54) is 4.88 Å². The van der Waals surface area contributed by atoms with Crippen molar-refractivity contribution in [3.63, 3.8) is 0 Å². The molecule has 4 N–H and O–H groups in total. The zero-order chi connectivity index (χ0) is 23.5. The van der Waals surface area contributed by atoms with Crippen LogP contribution in [0.5, 0.6) is 0 Å². The summed E-state index contributed by atoms with van der Waals surface area (Å²) in [5, 5.41) is 5.69. The van der Waals surface area contributed by atoms with Crippen LogP contribution in [0.1, 0.15) is 17.7 Å². The molecule has 0 radical (unpaired) electrons. The van der Waals surface area contributed by atoms with Gasteiger partial charge < -0.3 is 26.0 Å². The van der Waals surface area contributed by atoms with E-state index < -0.39 is 0 Å². The first kappa shape index (κ1) is 22.7. The van der Waals surface area contributed by atoms with Crippen molar-refractivity contribution >= 4 is 39.4 Å². The summed E-state index contributed by atoms with van der Waals surface area (Å²) in [5.74, 6) is 1.74. The van der Waals surface area contributed by atoms with Gasteiger partial charge in [-0.05, 0) is 25.5 Å². The minimum Gasteiger partial charge on any atom is -0.378 e. The second-order valence-electron chi connectivity index (χ2n) is 8.52. The maximum Gasteiger partial charge on any atom is 0.314 e. The van der Waals surface area contributed by atoms with E-state index >= 15 is 0 Å². The van der Waals surface area contributed by atoms with Crippen molar-refractivity contribution in [2.45, 2.75) is 25.4 Å². The lowest BCUT2D eigenvalue weighted by atomic mass is 10.1. The molecule has 0 aliphatic carbocycles. The Bertz CT molecular complexity index is 1150. The summed E-state index contributed by atoms with van der Waals surface area (Å²) in [6.07, 6.45) is 5.37. The molecule has 2 fully saturated rings. The molecule has 2 aliphatic rings. The van der Waals surface area contributed by atoms with E-state index in [0.717, 1.165) is 67.2 Å².